The highest BCUT2D eigenvalue weighted by atomic mass is 32.2. The van der Waals surface area contributed by atoms with Gasteiger partial charge in [0.1, 0.15) is 5.52 Å². The number of aromatic amines is 1. The average molecular weight is 414 g/mol. The Morgan fingerprint density at radius 1 is 1.24 bits per heavy atom. The van der Waals surface area contributed by atoms with Crippen molar-refractivity contribution in [3.63, 3.8) is 0 Å². The Hall–Kier alpha value is -2.98. The van der Waals surface area contributed by atoms with Gasteiger partial charge in [-0.25, -0.2) is 13.4 Å². The van der Waals surface area contributed by atoms with E-state index in [0.29, 0.717) is 28.8 Å². The molecule has 0 aliphatic carbocycles. The van der Waals surface area contributed by atoms with Crippen LogP contribution in [0.15, 0.2) is 35.5 Å². The van der Waals surface area contributed by atoms with Gasteiger partial charge in [-0.15, -0.1) is 0 Å². The minimum Gasteiger partial charge on any atom is -0.389 e. The quantitative estimate of drug-likeness (QED) is 0.458. The molecule has 0 bridgehead atoms. The molecule has 29 heavy (non-hydrogen) atoms. The van der Waals surface area contributed by atoms with Crippen molar-refractivity contribution in [1.29, 1.82) is 0 Å². The van der Waals surface area contributed by atoms with Crippen molar-refractivity contribution >= 4 is 43.1 Å². The predicted molar refractivity (Wildman–Crippen MR) is 111 cm³/mol. The molecular weight excluding hydrogens is 392 g/mol. The summed E-state index contributed by atoms with van der Waals surface area (Å²) in [5.41, 5.74) is 2.04. The number of benzene rings is 1. The fourth-order valence-corrected chi connectivity index (χ4v) is 3.87. The Morgan fingerprint density at radius 3 is 2.69 bits per heavy atom. The van der Waals surface area contributed by atoms with Gasteiger partial charge < -0.3 is 10.4 Å². The Balaban J connectivity index is 1.80. The highest BCUT2D eigenvalue weighted by Crippen LogP contribution is 2.31. The van der Waals surface area contributed by atoms with Gasteiger partial charge in [-0.05, 0) is 39.0 Å². The minimum absolute atomic E-state index is 0.235. The lowest BCUT2D eigenvalue weighted by molar-refractivity contribution is 0.0571. The molecule has 0 spiro atoms. The molecule has 4 rings (SSSR count). The van der Waals surface area contributed by atoms with Gasteiger partial charge in [0.25, 0.3) is 0 Å². The molecule has 9 nitrogen and oxygen atoms in total. The van der Waals surface area contributed by atoms with Crippen LogP contribution in [0.3, 0.4) is 0 Å². The first-order valence-corrected chi connectivity index (χ1v) is 10.9. The molecule has 152 valence electrons. The Morgan fingerprint density at radius 2 is 2.00 bits per heavy atom. The van der Waals surface area contributed by atoms with Gasteiger partial charge in [0, 0.05) is 17.0 Å². The van der Waals surface area contributed by atoms with Crippen molar-refractivity contribution in [3.8, 4) is 0 Å². The number of nitrogens with one attached hydrogen (secondary N) is 2. The fourth-order valence-electron chi connectivity index (χ4n) is 3.22. The second kappa shape index (κ2) is 6.53. The van der Waals surface area contributed by atoms with Gasteiger partial charge in [0.2, 0.25) is 0 Å². The first-order chi connectivity index (χ1) is 13.5. The number of aliphatic hydroxyl groups is 1. The van der Waals surface area contributed by atoms with Crippen LogP contribution in [0.2, 0.25) is 0 Å². The predicted octanol–water partition coefficient (Wildman–Crippen LogP) is 2.53. The second-order valence-corrected chi connectivity index (χ2v) is 9.82. The molecule has 3 heterocycles. The second-order valence-electron chi connectivity index (χ2n) is 7.81. The molecule has 3 N–H and O–H groups in total. The number of H-pyrrole nitrogens is 1. The van der Waals surface area contributed by atoms with Gasteiger partial charge >= 0.3 is 0 Å². The summed E-state index contributed by atoms with van der Waals surface area (Å²) in [7, 11) is -3.33. The van der Waals surface area contributed by atoms with Gasteiger partial charge in [0.05, 0.1) is 46.3 Å². The standard InChI is InChI=1S/C19H22N6O3S/c1-11-16(9-21-25(11)10-19(2,3)26)23-18-17-14(8-20-24-17)13-7-12(29(4,27)28)5-6-15(13)22-18/h5-9,26H,10H2,1-4H3,(H,20,24)(H,22,23). The van der Waals surface area contributed by atoms with Crippen LogP contribution in [0.25, 0.3) is 21.8 Å². The number of pyridine rings is 1. The summed E-state index contributed by atoms with van der Waals surface area (Å²) in [6.45, 7) is 5.72. The highest BCUT2D eigenvalue weighted by Gasteiger charge is 2.19. The maximum absolute atomic E-state index is 11.9. The maximum atomic E-state index is 11.9. The van der Waals surface area contributed by atoms with Crippen molar-refractivity contribution < 1.29 is 13.5 Å². The van der Waals surface area contributed by atoms with Crippen LogP contribution in [0.4, 0.5) is 11.5 Å². The monoisotopic (exact) mass is 414 g/mol. The Kier molecular flexibility index (Phi) is 4.35. The maximum Gasteiger partial charge on any atom is 0.175 e. The van der Waals surface area contributed by atoms with E-state index in [0.717, 1.165) is 16.8 Å². The third-order valence-corrected chi connectivity index (χ3v) is 5.80. The van der Waals surface area contributed by atoms with Crippen molar-refractivity contribution in [2.24, 2.45) is 0 Å². The Bertz CT molecular complexity index is 1330. The smallest absolute Gasteiger partial charge is 0.175 e. The molecule has 1 aromatic carbocycles. The van der Waals surface area contributed by atoms with E-state index >= 15 is 0 Å². The van der Waals surface area contributed by atoms with Crippen molar-refractivity contribution in [2.75, 3.05) is 11.6 Å². The highest BCUT2D eigenvalue weighted by molar-refractivity contribution is 7.90. The molecule has 4 aromatic rings. The number of nitrogens with zero attached hydrogens (tertiary/aromatic N) is 4. The first-order valence-electron chi connectivity index (χ1n) is 9.02. The molecule has 0 unspecified atom stereocenters. The largest absolute Gasteiger partial charge is 0.389 e. The number of sulfone groups is 1. The normalized spacial score (nSPS) is 12.7. The van der Waals surface area contributed by atoms with E-state index in [1.54, 1.807) is 49.1 Å². The van der Waals surface area contributed by atoms with Crippen LogP contribution in [0.5, 0.6) is 0 Å². The zero-order valence-electron chi connectivity index (χ0n) is 16.6. The van der Waals surface area contributed by atoms with Gasteiger partial charge in [-0.2, -0.15) is 10.2 Å². The molecule has 0 atom stereocenters. The molecule has 0 saturated heterocycles. The van der Waals surface area contributed by atoms with E-state index in [4.69, 9.17) is 0 Å². The van der Waals surface area contributed by atoms with E-state index in [9.17, 15) is 13.5 Å². The average Bonchev–Trinajstić information content (AvgIpc) is 3.22. The third kappa shape index (κ3) is 3.68. The van der Waals surface area contributed by atoms with E-state index in [1.165, 1.54) is 6.26 Å². The third-order valence-electron chi connectivity index (χ3n) is 4.69. The molecule has 3 aromatic heterocycles. The number of fused-ring (bicyclic) bond motifs is 3. The van der Waals surface area contributed by atoms with E-state index in [-0.39, 0.29) is 4.90 Å². The van der Waals surface area contributed by atoms with Crippen LogP contribution in [-0.2, 0) is 16.4 Å². The minimum atomic E-state index is -3.33. The summed E-state index contributed by atoms with van der Waals surface area (Å²) in [4.78, 5) is 4.89. The molecule has 0 radical (unpaired) electrons. The molecular formula is C19H22N6O3S. The molecule has 0 amide bonds. The van der Waals surface area contributed by atoms with Crippen molar-refractivity contribution in [2.45, 2.75) is 37.8 Å². The molecule has 0 fully saturated rings. The lowest BCUT2D eigenvalue weighted by Crippen LogP contribution is -2.27. The number of rotatable bonds is 5. The molecule has 0 saturated carbocycles. The van der Waals surface area contributed by atoms with Crippen molar-refractivity contribution in [1.82, 2.24) is 25.0 Å². The lowest BCUT2D eigenvalue weighted by atomic mass is 10.1. The summed E-state index contributed by atoms with van der Waals surface area (Å²) in [5, 5.41) is 26.2. The summed E-state index contributed by atoms with van der Waals surface area (Å²) < 4.78 is 25.6. The first kappa shape index (κ1) is 19.3. The number of anilines is 2. The molecule has 10 heteroatoms. The number of aromatic nitrogens is 5. The number of hydrogen-bond donors (Lipinski definition) is 3. The summed E-state index contributed by atoms with van der Waals surface area (Å²) >= 11 is 0. The van der Waals surface area contributed by atoms with Crippen LogP contribution in [0.1, 0.15) is 19.5 Å². The fraction of sp³-hybridized carbons (Fsp3) is 0.316. The SMILES string of the molecule is Cc1c(Nc2nc3ccc(S(C)(=O)=O)cc3c3cn[nH]c23)cnn1CC(C)(C)O. The van der Waals surface area contributed by atoms with Crippen LogP contribution >= 0.6 is 0 Å². The summed E-state index contributed by atoms with van der Waals surface area (Å²) in [6.07, 6.45) is 4.52. The van der Waals surface area contributed by atoms with Gasteiger partial charge in [-0.1, -0.05) is 0 Å². The van der Waals surface area contributed by atoms with Gasteiger partial charge in [0.15, 0.2) is 15.7 Å². The van der Waals surface area contributed by atoms with E-state index in [1.807, 2.05) is 6.92 Å². The van der Waals surface area contributed by atoms with Gasteiger partial charge in [-0.3, -0.25) is 9.78 Å². The number of hydrogen-bond acceptors (Lipinski definition) is 7. The lowest BCUT2D eigenvalue weighted by Gasteiger charge is -2.18. The Labute approximate surface area is 167 Å². The van der Waals surface area contributed by atoms with E-state index in [2.05, 4.69) is 25.6 Å². The van der Waals surface area contributed by atoms with Crippen molar-refractivity contribution in [3.05, 3.63) is 36.3 Å². The molecule has 0 aliphatic heterocycles. The topological polar surface area (TPSA) is 126 Å². The van der Waals surface area contributed by atoms with Crippen LogP contribution < -0.4 is 5.32 Å². The zero-order valence-corrected chi connectivity index (χ0v) is 17.4. The summed E-state index contributed by atoms with van der Waals surface area (Å²) in [5.74, 6) is 0.558. The molecule has 0 aliphatic rings. The zero-order chi connectivity index (χ0) is 21.0. The van der Waals surface area contributed by atoms with Crippen LogP contribution in [0, 0.1) is 6.92 Å². The summed E-state index contributed by atoms with van der Waals surface area (Å²) in [6, 6.07) is 4.85. The van der Waals surface area contributed by atoms with E-state index < -0.39 is 15.4 Å². The van der Waals surface area contributed by atoms with Crippen LogP contribution in [-0.4, -0.2) is 50.3 Å².